The minimum atomic E-state index is 0.266. The van der Waals surface area contributed by atoms with Gasteiger partial charge in [-0.3, -0.25) is 0 Å². The Morgan fingerprint density at radius 2 is 2.37 bits per heavy atom. The van der Waals surface area contributed by atoms with Crippen LogP contribution in [-0.4, -0.2) is 26.4 Å². The highest BCUT2D eigenvalue weighted by atomic mass is 79.9. The summed E-state index contributed by atoms with van der Waals surface area (Å²) in [4.78, 5) is 0. The fourth-order valence-electron chi connectivity index (χ4n) is 2.57. The number of halogens is 1. The molecule has 1 N–H and O–H groups in total. The van der Waals surface area contributed by atoms with Crippen LogP contribution in [0, 0.1) is 0 Å². The summed E-state index contributed by atoms with van der Waals surface area (Å²) in [7, 11) is 2.00. The van der Waals surface area contributed by atoms with Gasteiger partial charge in [-0.25, -0.2) is 0 Å². The average Bonchev–Trinajstić information content (AvgIpc) is 2.91. The topological polar surface area (TPSA) is 30.5 Å². The van der Waals surface area contributed by atoms with Crippen LogP contribution < -0.4 is 10.1 Å². The maximum absolute atomic E-state index is 5.74. The third-order valence-electron chi connectivity index (χ3n) is 3.52. The maximum atomic E-state index is 5.74. The van der Waals surface area contributed by atoms with Crippen LogP contribution in [0.1, 0.15) is 37.8 Å². The first-order valence-corrected chi connectivity index (χ1v) is 7.75. The molecule has 1 aromatic rings. The van der Waals surface area contributed by atoms with Crippen molar-refractivity contribution in [1.82, 2.24) is 5.32 Å². The molecule has 0 radical (unpaired) electrons. The predicted molar refractivity (Wildman–Crippen MR) is 80.7 cm³/mol. The highest BCUT2D eigenvalue weighted by Gasteiger charge is 2.23. The largest absolute Gasteiger partial charge is 0.494 e. The van der Waals surface area contributed by atoms with Crippen LogP contribution in [0.4, 0.5) is 0 Å². The SMILES string of the molecule is CCOc1ccc(Br)cc1C(CC1CCCO1)NC. The highest BCUT2D eigenvalue weighted by molar-refractivity contribution is 9.10. The molecule has 2 atom stereocenters. The molecule has 4 heteroatoms. The molecule has 0 aliphatic carbocycles. The van der Waals surface area contributed by atoms with E-state index >= 15 is 0 Å². The molecular formula is C15H22BrNO2. The fraction of sp³-hybridized carbons (Fsp3) is 0.600. The van der Waals surface area contributed by atoms with E-state index in [0.717, 1.165) is 29.7 Å². The molecule has 0 saturated carbocycles. The summed E-state index contributed by atoms with van der Waals surface area (Å²) in [6.07, 6.45) is 3.70. The van der Waals surface area contributed by atoms with E-state index < -0.39 is 0 Å². The lowest BCUT2D eigenvalue weighted by Gasteiger charge is -2.23. The van der Waals surface area contributed by atoms with Gasteiger partial charge in [-0.2, -0.15) is 0 Å². The van der Waals surface area contributed by atoms with Gasteiger partial charge in [-0.15, -0.1) is 0 Å². The molecule has 1 aliphatic heterocycles. The van der Waals surface area contributed by atoms with Gasteiger partial charge in [-0.1, -0.05) is 15.9 Å². The zero-order valence-electron chi connectivity index (χ0n) is 11.6. The van der Waals surface area contributed by atoms with Gasteiger partial charge in [0, 0.05) is 22.7 Å². The number of rotatable bonds is 6. The molecule has 106 valence electrons. The molecule has 3 nitrogen and oxygen atoms in total. The summed E-state index contributed by atoms with van der Waals surface area (Å²) >= 11 is 3.54. The molecule has 0 spiro atoms. The summed E-state index contributed by atoms with van der Waals surface area (Å²) in [6, 6.07) is 6.46. The number of ether oxygens (including phenoxy) is 2. The first kappa shape index (κ1) is 14.8. The molecule has 1 aliphatic rings. The lowest BCUT2D eigenvalue weighted by molar-refractivity contribution is 0.0950. The van der Waals surface area contributed by atoms with Crippen LogP contribution in [0.15, 0.2) is 22.7 Å². The number of hydrogen-bond donors (Lipinski definition) is 1. The van der Waals surface area contributed by atoms with Gasteiger partial charge in [0.05, 0.1) is 12.7 Å². The van der Waals surface area contributed by atoms with Gasteiger partial charge >= 0.3 is 0 Å². The van der Waals surface area contributed by atoms with Gasteiger partial charge in [0.1, 0.15) is 5.75 Å². The van der Waals surface area contributed by atoms with E-state index in [1.807, 2.05) is 26.1 Å². The highest BCUT2D eigenvalue weighted by Crippen LogP contribution is 2.33. The molecular weight excluding hydrogens is 306 g/mol. The Balaban J connectivity index is 2.17. The van der Waals surface area contributed by atoms with E-state index in [4.69, 9.17) is 9.47 Å². The number of nitrogens with one attached hydrogen (secondary N) is 1. The molecule has 0 amide bonds. The molecule has 2 rings (SSSR count). The van der Waals surface area contributed by atoms with Crippen molar-refractivity contribution in [3.05, 3.63) is 28.2 Å². The van der Waals surface area contributed by atoms with Gasteiger partial charge in [0.15, 0.2) is 0 Å². The van der Waals surface area contributed by atoms with Crippen molar-refractivity contribution in [2.24, 2.45) is 0 Å². The average molecular weight is 328 g/mol. The van der Waals surface area contributed by atoms with Crippen LogP contribution in [0.3, 0.4) is 0 Å². The van der Waals surface area contributed by atoms with Crippen molar-refractivity contribution in [2.75, 3.05) is 20.3 Å². The lowest BCUT2D eigenvalue weighted by Crippen LogP contribution is -2.22. The molecule has 2 unspecified atom stereocenters. The zero-order valence-corrected chi connectivity index (χ0v) is 13.2. The van der Waals surface area contributed by atoms with Crippen molar-refractivity contribution >= 4 is 15.9 Å². The monoisotopic (exact) mass is 327 g/mol. The molecule has 19 heavy (non-hydrogen) atoms. The first-order chi connectivity index (χ1) is 9.24. The van der Waals surface area contributed by atoms with E-state index in [9.17, 15) is 0 Å². The van der Waals surface area contributed by atoms with Crippen molar-refractivity contribution in [1.29, 1.82) is 0 Å². The molecule has 1 saturated heterocycles. The summed E-state index contributed by atoms with van der Waals surface area (Å²) in [5.74, 6) is 0.961. The Kier molecular flexibility index (Phi) is 5.67. The van der Waals surface area contributed by atoms with Crippen LogP contribution in [-0.2, 0) is 4.74 Å². The normalized spacial score (nSPS) is 20.5. The van der Waals surface area contributed by atoms with Crippen LogP contribution in [0.25, 0.3) is 0 Å². The quantitative estimate of drug-likeness (QED) is 0.864. The van der Waals surface area contributed by atoms with E-state index in [1.54, 1.807) is 0 Å². The van der Waals surface area contributed by atoms with Crippen molar-refractivity contribution in [2.45, 2.75) is 38.3 Å². The lowest BCUT2D eigenvalue weighted by atomic mass is 9.98. The zero-order chi connectivity index (χ0) is 13.7. The van der Waals surface area contributed by atoms with E-state index in [0.29, 0.717) is 12.7 Å². The third-order valence-corrected chi connectivity index (χ3v) is 4.01. The van der Waals surface area contributed by atoms with Gasteiger partial charge in [0.2, 0.25) is 0 Å². The Morgan fingerprint density at radius 1 is 1.53 bits per heavy atom. The van der Waals surface area contributed by atoms with Crippen LogP contribution >= 0.6 is 15.9 Å². The predicted octanol–water partition coefficient (Wildman–Crippen LogP) is 3.68. The van der Waals surface area contributed by atoms with E-state index in [1.165, 1.54) is 12.0 Å². The Morgan fingerprint density at radius 3 is 3.00 bits per heavy atom. The fourth-order valence-corrected chi connectivity index (χ4v) is 2.95. The summed E-state index contributed by atoms with van der Waals surface area (Å²) in [5.41, 5.74) is 1.20. The third kappa shape index (κ3) is 3.94. The van der Waals surface area contributed by atoms with Gasteiger partial charge < -0.3 is 14.8 Å². The van der Waals surface area contributed by atoms with Crippen LogP contribution in [0.2, 0.25) is 0 Å². The minimum Gasteiger partial charge on any atom is -0.494 e. The second-order valence-electron chi connectivity index (χ2n) is 4.83. The summed E-state index contributed by atoms with van der Waals surface area (Å²) in [5, 5.41) is 3.39. The molecule has 1 fully saturated rings. The Bertz CT molecular complexity index is 405. The second kappa shape index (κ2) is 7.27. The van der Waals surface area contributed by atoms with Crippen molar-refractivity contribution in [3.63, 3.8) is 0 Å². The smallest absolute Gasteiger partial charge is 0.124 e. The second-order valence-corrected chi connectivity index (χ2v) is 5.74. The minimum absolute atomic E-state index is 0.266. The number of benzene rings is 1. The van der Waals surface area contributed by atoms with E-state index in [2.05, 4.69) is 27.3 Å². The Labute approximate surface area is 123 Å². The van der Waals surface area contributed by atoms with Crippen LogP contribution in [0.5, 0.6) is 5.75 Å². The molecule has 0 bridgehead atoms. The molecule has 1 aromatic carbocycles. The maximum Gasteiger partial charge on any atom is 0.124 e. The van der Waals surface area contributed by atoms with Gasteiger partial charge in [-0.05, 0) is 51.4 Å². The standard InChI is InChI=1S/C15H22BrNO2/c1-3-18-15-7-6-11(16)9-13(15)14(17-2)10-12-5-4-8-19-12/h6-7,9,12,14,17H,3-5,8,10H2,1-2H3. The van der Waals surface area contributed by atoms with Crippen molar-refractivity contribution in [3.8, 4) is 5.75 Å². The van der Waals surface area contributed by atoms with Crippen molar-refractivity contribution < 1.29 is 9.47 Å². The number of hydrogen-bond acceptors (Lipinski definition) is 3. The summed E-state index contributed by atoms with van der Waals surface area (Å²) < 4.78 is 12.6. The summed E-state index contributed by atoms with van der Waals surface area (Å²) in [6.45, 7) is 3.60. The van der Waals surface area contributed by atoms with E-state index in [-0.39, 0.29) is 6.04 Å². The molecule has 0 aromatic heterocycles. The Hall–Kier alpha value is -0.580. The molecule has 1 heterocycles. The van der Waals surface area contributed by atoms with Gasteiger partial charge in [0.25, 0.3) is 0 Å². The first-order valence-electron chi connectivity index (χ1n) is 6.95.